The number of hydrazine groups is 1. The fourth-order valence-corrected chi connectivity index (χ4v) is 11.4. The molecule has 0 aliphatic carbocycles. The van der Waals surface area contributed by atoms with Crippen LogP contribution in [0, 0.1) is 23.2 Å². The fraction of sp³-hybridized carbons (Fsp3) is 0.544. The van der Waals surface area contributed by atoms with Gasteiger partial charge in [-0.15, -0.1) is 0 Å². The zero-order valence-electron chi connectivity index (χ0n) is 44.4. The number of nitrogens with zero attached hydrogens (tertiary/aromatic N) is 6. The van der Waals surface area contributed by atoms with Gasteiger partial charge < -0.3 is 38.6 Å². The Morgan fingerprint density at radius 1 is 1.01 bits per heavy atom. The SMILES string of the molecule is CCn1c(-c2cccnc2[C@H](C)OC)c2c3cc(ccc31)-c1cccc(c1)C[C@H](NC(=O)[C@H](C(C)C)N1CO[C@]3(CCN(C(=O)C#C[C@]4(N(C)C)CCOC4)C3)C1=O)C(=O)N1CCC[C@H](N1)C(=O)OCC(C)(C)C2. The van der Waals surface area contributed by atoms with E-state index in [2.05, 4.69) is 78.3 Å². The third-order valence-electron chi connectivity index (χ3n) is 15.8. The summed E-state index contributed by atoms with van der Waals surface area (Å²) in [6, 6.07) is 15.6. The lowest BCUT2D eigenvalue weighted by molar-refractivity contribution is -0.155. The molecule has 5 aliphatic heterocycles. The van der Waals surface area contributed by atoms with Crippen LogP contribution < -0.4 is 10.7 Å². The molecule has 2 N–H and O–H groups in total. The first-order valence-corrected chi connectivity index (χ1v) is 26.2. The van der Waals surface area contributed by atoms with E-state index in [-0.39, 0.29) is 57.2 Å². The summed E-state index contributed by atoms with van der Waals surface area (Å²) in [4.78, 5) is 81.6. The van der Waals surface area contributed by atoms with Crippen molar-refractivity contribution >= 4 is 40.5 Å². The summed E-state index contributed by atoms with van der Waals surface area (Å²) in [5.41, 5.74) is 8.48. The number of carbonyl (C=O) groups excluding carboxylic acids is 5. The number of likely N-dealkylation sites (tertiary alicyclic amines) is 1. The van der Waals surface area contributed by atoms with E-state index in [1.165, 1.54) is 9.91 Å². The average molecular weight is 1010 g/mol. The van der Waals surface area contributed by atoms with Crippen LogP contribution in [0.15, 0.2) is 60.8 Å². The third-order valence-corrected chi connectivity index (χ3v) is 15.8. The van der Waals surface area contributed by atoms with Crippen LogP contribution in [0.4, 0.5) is 0 Å². The van der Waals surface area contributed by atoms with Crippen molar-refractivity contribution in [2.24, 2.45) is 11.3 Å². The zero-order valence-corrected chi connectivity index (χ0v) is 44.4. The van der Waals surface area contributed by atoms with E-state index in [0.29, 0.717) is 52.0 Å². The van der Waals surface area contributed by atoms with Crippen LogP contribution in [0.3, 0.4) is 0 Å². The largest absolute Gasteiger partial charge is 0.464 e. The minimum absolute atomic E-state index is 0.00582. The molecular formula is C57H72N8O9. The van der Waals surface area contributed by atoms with Crippen LogP contribution in [0.1, 0.15) is 90.2 Å². The number of hydrogen-bond acceptors (Lipinski definition) is 12. The van der Waals surface area contributed by atoms with Crippen LogP contribution in [0.25, 0.3) is 33.3 Å². The van der Waals surface area contributed by atoms with Gasteiger partial charge in [-0.3, -0.25) is 38.9 Å². The molecule has 4 amide bonds. The lowest BCUT2D eigenvalue weighted by atomic mass is 9.84. The van der Waals surface area contributed by atoms with Gasteiger partial charge in [0.1, 0.15) is 30.4 Å². The summed E-state index contributed by atoms with van der Waals surface area (Å²) < 4.78 is 26.2. The number of ether oxygens (including phenoxy) is 4. The van der Waals surface area contributed by atoms with Gasteiger partial charge in [0.15, 0.2) is 5.60 Å². The van der Waals surface area contributed by atoms with Gasteiger partial charge in [-0.2, -0.15) is 0 Å². The highest BCUT2D eigenvalue weighted by atomic mass is 16.5. The molecule has 17 nitrogen and oxygen atoms in total. The molecule has 6 atom stereocenters. The maximum atomic E-state index is 14.9. The van der Waals surface area contributed by atoms with Gasteiger partial charge in [-0.25, -0.2) is 5.43 Å². The summed E-state index contributed by atoms with van der Waals surface area (Å²) in [5.74, 6) is 3.39. The number of likely N-dealkylation sites (N-methyl/N-ethyl adjacent to an activating group) is 1. The first-order valence-electron chi connectivity index (χ1n) is 26.2. The molecule has 4 aromatic rings. The van der Waals surface area contributed by atoms with E-state index in [1.54, 1.807) is 18.2 Å². The van der Waals surface area contributed by atoms with E-state index in [0.717, 1.165) is 50.1 Å². The van der Waals surface area contributed by atoms with Gasteiger partial charge in [0, 0.05) is 80.7 Å². The molecule has 6 bridgehead atoms. The van der Waals surface area contributed by atoms with Crippen LogP contribution in [0.2, 0.25) is 0 Å². The predicted molar refractivity (Wildman–Crippen MR) is 279 cm³/mol. The Morgan fingerprint density at radius 2 is 1.81 bits per heavy atom. The molecule has 394 valence electrons. The highest BCUT2D eigenvalue weighted by Gasteiger charge is 2.56. The molecule has 0 unspecified atom stereocenters. The smallest absolute Gasteiger partial charge is 0.324 e. The molecule has 0 saturated carbocycles. The monoisotopic (exact) mass is 1010 g/mol. The Hall–Kier alpha value is -6.16. The second-order valence-electron chi connectivity index (χ2n) is 22.0. The number of nitrogens with one attached hydrogen (secondary N) is 2. The number of methoxy groups -OCH3 is 1. The average Bonchev–Trinajstić information content (AvgIpc) is 4.20. The number of amides is 4. The van der Waals surface area contributed by atoms with Gasteiger partial charge in [0.05, 0.1) is 37.3 Å². The Bertz CT molecular complexity index is 2880. The Kier molecular flexibility index (Phi) is 15.1. The van der Waals surface area contributed by atoms with Crippen molar-refractivity contribution < 1.29 is 42.9 Å². The lowest BCUT2D eigenvalue weighted by Crippen LogP contribution is -2.62. The number of rotatable bonds is 9. The van der Waals surface area contributed by atoms with Crippen molar-refractivity contribution in [3.05, 3.63) is 77.6 Å². The van der Waals surface area contributed by atoms with E-state index in [9.17, 15) is 24.0 Å². The molecule has 2 aromatic carbocycles. The molecule has 4 fully saturated rings. The Labute approximate surface area is 434 Å². The summed E-state index contributed by atoms with van der Waals surface area (Å²) in [6.45, 7) is 14.2. The van der Waals surface area contributed by atoms with Crippen LogP contribution in [0.5, 0.6) is 0 Å². The number of fused-ring (bicyclic) bond motifs is 6. The fourth-order valence-electron chi connectivity index (χ4n) is 11.4. The van der Waals surface area contributed by atoms with Crippen molar-refractivity contribution in [1.29, 1.82) is 0 Å². The lowest BCUT2D eigenvalue weighted by Gasteiger charge is -2.36. The summed E-state index contributed by atoms with van der Waals surface area (Å²) >= 11 is 0. The minimum Gasteiger partial charge on any atom is -0.464 e. The van der Waals surface area contributed by atoms with Crippen LogP contribution in [-0.2, 0) is 62.3 Å². The van der Waals surface area contributed by atoms with Gasteiger partial charge in [-0.05, 0) is 106 Å². The zero-order chi connectivity index (χ0) is 52.7. The molecular weight excluding hydrogens is 941 g/mol. The normalized spacial score (nSPS) is 25.1. The molecule has 9 rings (SSSR count). The van der Waals surface area contributed by atoms with Gasteiger partial charge in [-0.1, -0.05) is 63.9 Å². The van der Waals surface area contributed by atoms with Gasteiger partial charge in [0.2, 0.25) is 5.91 Å². The molecule has 1 spiro atoms. The number of cyclic esters (lactones) is 1. The van der Waals surface area contributed by atoms with Crippen molar-refractivity contribution in [3.63, 3.8) is 0 Å². The van der Waals surface area contributed by atoms with Crippen molar-refractivity contribution in [1.82, 2.24) is 40.0 Å². The topological polar surface area (TPSA) is 177 Å². The third kappa shape index (κ3) is 10.2. The maximum absolute atomic E-state index is 14.9. The minimum atomic E-state index is -1.33. The number of aryl methyl sites for hydroxylation is 1. The maximum Gasteiger partial charge on any atom is 0.324 e. The van der Waals surface area contributed by atoms with E-state index in [4.69, 9.17) is 23.9 Å². The first kappa shape index (κ1) is 52.7. The molecule has 4 saturated heterocycles. The highest BCUT2D eigenvalue weighted by molar-refractivity contribution is 5.98. The molecule has 17 heteroatoms. The summed E-state index contributed by atoms with van der Waals surface area (Å²) in [5, 5.41) is 5.58. The second-order valence-corrected chi connectivity index (χ2v) is 22.0. The number of aromatic nitrogens is 2. The van der Waals surface area contributed by atoms with Crippen molar-refractivity contribution in [2.75, 3.05) is 67.4 Å². The molecule has 7 heterocycles. The quantitative estimate of drug-likeness (QED) is 0.164. The summed E-state index contributed by atoms with van der Waals surface area (Å²) in [7, 11) is 5.52. The standard InChI is InChI=1S/C57H72N8O9/c1-10-63-46-19-18-40-30-42(46)43(50(63)41-16-12-24-58-48(41)37(4)71-9)31-55(5,6)33-73-53(69)44-17-13-25-65(60-44)52(68)45(29-38-14-11-15-39(40)28-38)59-51(67)49(36(2)3)64-35-74-57(54(64)70)22-26-62(32-57)47(66)20-21-56(61(7)8)23-27-72-34-56/h11-12,14-16,18-19,24,28,30,36-37,44-45,49,60H,10,13,17,22-23,25-27,29,31-35H2,1-9H3,(H,59,67)/t37-,44-,45-,49-,56-,57-/m0/s1. The predicted octanol–water partition coefficient (Wildman–Crippen LogP) is 5.28. The second kappa shape index (κ2) is 21.2. The number of hydrogen-bond donors (Lipinski definition) is 2. The van der Waals surface area contributed by atoms with E-state index in [1.807, 2.05) is 64.0 Å². The number of benzene rings is 2. The molecule has 2 aromatic heterocycles. The van der Waals surface area contributed by atoms with Gasteiger partial charge in [0.25, 0.3) is 17.7 Å². The van der Waals surface area contributed by atoms with Crippen molar-refractivity contribution in [2.45, 2.75) is 122 Å². The summed E-state index contributed by atoms with van der Waals surface area (Å²) in [6.07, 6.45) is 4.14. The van der Waals surface area contributed by atoms with Crippen LogP contribution in [-0.4, -0.2) is 156 Å². The molecule has 74 heavy (non-hydrogen) atoms. The molecule has 5 aliphatic rings. The number of carbonyl (C=O) groups is 5. The Balaban J connectivity index is 1.03. The molecule has 0 radical (unpaired) electrons. The van der Waals surface area contributed by atoms with Crippen molar-refractivity contribution in [3.8, 4) is 34.2 Å². The van der Waals surface area contributed by atoms with E-state index < -0.39 is 58.4 Å². The van der Waals surface area contributed by atoms with E-state index >= 15 is 0 Å². The highest BCUT2D eigenvalue weighted by Crippen LogP contribution is 2.42. The number of esters is 1. The number of pyridine rings is 1. The van der Waals surface area contributed by atoms with Gasteiger partial charge >= 0.3 is 5.97 Å². The van der Waals surface area contributed by atoms with Crippen LogP contribution >= 0.6 is 0 Å². The first-order chi connectivity index (χ1) is 35.4. The Morgan fingerprint density at radius 3 is 2.54 bits per heavy atom.